The second-order valence-corrected chi connectivity index (χ2v) is 2.93. The molecule has 0 heterocycles. The molecular weight excluding hydrogens is 187 g/mol. The second kappa shape index (κ2) is 4.81. The zero-order valence-electron chi connectivity index (χ0n) is 8.16. The van der Waals surface area contributed by atoms with Gasteiger partial charge in [0.2, 0.25) is 0 Å². The molecule has 0 aliphatic heterocycles. The van der Waals surface area contributed by atoms with Gasteiger partial charge in [0.25, 0.3) is 0 Å². The van der Waals surface area contributed by atoms with Crippen LogP contribution in [-0.2, 0) is 0 Å². The third kappa shape index (κ3) is 2.60. The van der Waals surface area contributed by atoms with Crippen molar-refractivity contribution in [2.24, 2.45) is 0 Å². The summed E-state index contributed by atoms with van der Waals surface area (Å²) in [6.45, 7) is 1.60. The highest BCUT2D eigenvalue weighted by atomic mass is 19.1. The van der Waals surface area contributed by atoms with Crippen LogP contribution in [0.25, 0.3) is 0 Å². The molecular formula is C10H13FO3. The number of halogens is 1. The molecule has 0 fully saturated rings. The van der Waals surface area contributed by atoms with Gasteiger partial charge in [-0.2, -0.15) is 0 Å². The summed E-state index contributed by atoms with van der Waals surface area (Å²) in [7, 11) is 1.43. The van der Waals surface area contributed by atoms with E-state index >= 15 is 0 Å². The highest BCUT2D eigenvalue weighted by Crippen LogP contribution is 2.29. The molecule has 1 aromatic carbocycles. The highest BCUT2D eigenvalue weighted by Gasteiger charge is 2.10. The van der Waals surface area contributed by atoms with Crippen molar-refractivity contribution < 1.29 is 19.0 Å². The van der Waals surface area contributed by atoms with E-state index in [4.69, 9.17) is 14.6 Å². The number of aliphatic hydroxyl groups excluding tert-OH is 1. The fraction of sp³-hybridized carbons (Fsp3) is 0.400. The van der Waals surface area contributed by atoms with Gasteiger partial charge in [-0.15, -0.1) is 0 Å². The molecule has 0 aromatic heterocycles. The maximum Gasteiger partial charge on any atom is 0.197 e. The number of ether oxygens (including phenoxy) is 2. The molecule has 1 unspecified atom stereocenters. The molecule has 0 radical (unpaired) electrons. The first-order valence-corrected chi connectivity index (χ1v) is 4.28. The van der Waals surface area contributed by atoms with Gasteiger partial charge in [0.1, 0.15) is 6.61 Å². The minimum atomic E-state index is -0.640. The van der Waals surface area contributed by atoms with Crippen molar-refractivity contribution in [2.45, 2.75) is 13.0 Å². The van der Waals surface area contributed by atoms with Gasteiger partial charge in [0.05, 0.1) is 13.2 Å². The van der Waals surface area contributed by atoms with Crippen molar-refractivity contribution in [3.8, 4) is 11.5 Å². The van der Waals surface area contributed by atoms with E-state index in [9.17, 15) is 4.39 Å². The Morgan fingerprint density at radius 2 is 2.21 bits per heavy atom. The van der Waals surface area contributed by atoms with Gasteiger partial charge in [-0.25, -0.2) is 4.39 Å². The molecule has 0 aliphatic carbocycles. The molecule has 78 valence electrons. The summed E-state index contributed by atoms with van der Waals surface area (Å²) in [5.74, 6) is -0.133. The Labute approximate surface area is 82.1 Å². The van der Waals surface area contributed by atoms with Crippen LogP contribution in [0, 0.1) is 5.82 Å². The lowest BCUT2D eigenvalue weighted by Crippen LogP contribution is -2.13. The van der Waals surface area contributed by atoms with E-state index in [-0.39, 0.29) is 12.4 Å². The molecule has 14 heavy (non-hydrogen) atoms. The highest BCUT2D eigenvalue weighted by molar-refractivity contribution is 5.40. The molecule has 1 N–H and O–H groups in total. The molecule has 1 atom stereocenters. The van der Waals surface area contributed by atoms with Gasteiger partial charge < -0.3 is 14.6 Å². The smallest absolute Gasteiger partial charge is 0.197 e. The Kier molecular flexibility index (Phi) is 3.71. The molecule has 1 aromatic rings. The van der Waals surface area contributed by atoms with Crippen LogP contribution in [0.15, 0.2) is 18.2 Å². The van der Waals surface area contributed by atoms with Crippen LogP contribution < -0.4 is 9.47 Å². The molecule has 1 rings (SSSR count). The number of benzene rings is 1. The van der Waals surface area contributed by atoms with Gasteiger partial charge in [-0.1, -0.05) is 6.07 Å². The summed E-state index contributed by atoms with van der Waals surface area (Å²) in [5, 5.41) is 8.98. The van der Waals surface area contributed by atoms with Crippen LogP contribution in [0.2, 0.25) is 0 Å². The molecule has 0 aliphatic rings. The Morgan fingerprint density at radius 1 is 1.50 bits per heavy atom. The lowest BCUT2D eigenvalue weighted by Gasteiger charge is -2.12. The van der Waals surface area contributed by atoms with Gasteiger partial charge >= 0.3 is 0 Å². The standard InChI is InChI=1S/C10H13FO3/c1-7(12)6-14-10-8(11)4-3-5-9(10)13-2/h3-5,7,12H,6H2,1-2H3. The Balaban J connectivity index is 2.82. The molecule has 4 heteroatoms. The maximum absolute atomic E-state index is 13.2. The number of para-hydroxylation sites is 1. The summed E-state index contributed by atoms with van der Waals surface area (Å²) < 4.78 is 23.2. The average molecular weight is 200 g/mol. The van der Waals surface area contributed by atoms with Crippen molar-refractivity contribution in [2.75, 3.05) is 13.7 Å². The first-order chi connectivity index (χ1) is 6.65. The van der Waals surface area contributed by atoms with Crippen LogP contribution in [0.3, 0.4) is 0 Å². The monoisotopic (exact) mass is 200 g/mol. The van der Waals surface area contributed by atoms with Crippen molar-refractivity contribution >= 4 is 0 Å². The van der Waals surface area contributed by atoms with Crippen molar-refractivity contribution in [3.63, 3.8) is 0 Å². The zero-order chi connectivity index (χ0) is 10.6. The number of methoxy groups -OCH3 is 1. The topological polar surface area (TPSA) is 38.7 Å². The average Bonchev–Trinajstić information content (AvgIpc) is 2.15. The third-order valence-corrected chi connectivity index (χ3v) is 1.62. The van der Waals surface area contributed by atoms with Gasteiger partial charge in [0.15, 0.2) is 17.3 Å². The molecule has 0 spiro atoms. The van der Waals surface area contributed by atoms with Crippen LogP contribution in [0.1, 0.15) is 6.92 Å². The lowest BCUT2D eigenvalue weighted by molar-refractivity contribution is 0.118. The van der Waals surface area contributed by atoms with E-state index in [2.05, 4.69) is 0 Å². The maximum atomic E-state index is 13.2. The SMILES string of the molecule is COc1cccc(F)c1OCC(C)O. The van der Waals surface area contributed by atoms with Gasteiger partial charge in [-0.05, 0) is 19.1 Å². The quantitative estimate of drug-likeness (QED) is 0.802. The summed E-state index contributed by atoms with van der Waals surface area (Å²) in [6, 6.07) is 4.41. The molecule has 0 saturated heterocycles. The lowest BCUT2D eigenvalue weighted by atomic mass is 10.3. The third-order valence-electron chi connectivity index (χ3n) is 1.62. The number of hydrogen-bond acceptors (Lipinski definition) is 3. The first-order valence-electron chi connectivity index (χ1n) is 4.28. The fourth-order valence-electron chi connectivity index (χ4n) is 0.994. The van der Waals surface area contributed by atoms with Crippen LogP contribution in [0.5, 0.6) is 11.5 Å². The first kappa shape index (κ1) is 10.8. The zero-order valence-corrected chi connectivity index (χ0v) is 8.16. The van der Waals surface area contributed by atoms with Crippen LogP contribution >= 0.6 is 0 Å². The predicted molar refractivity (Wildman–Crippen MR) is 50.1 cm³/mol. The summed E-state index contributed by atoms with van der Waals surface area (Å²) >= 11 is 0. The second-order valence-electron chi connectivity index (χ2n) is 2.93. The summed E-state index contributed by atoms with van der Waals surface area (Å²) in [6.07, 6.45) is -0.640. The number of rotatable bonds is 4. The molecule has 3 nitrogen and oxygen atoms in total. The number of aliphatic hydroxyl groups is 1. The van der Waals surface area contributed by atoms with E-state index in [1.807, 2.05) is 0 Å². The van der Waals surface area contributed by atoms with E-state index in [1.54, 1.807) is 13.0 Å². The van der Waals surface area contributed by atoms with Crippen LogP contribution in [0.4, 0.5) is 4.39 Å². The Morgan fingerprint density at radius 3 is 2.79 bits per heavy atom. The van der Waals surface area contributed by atoms with Crippen molar-refractivity contribution in [1.29, 1.82) is 0 Å². The minimum Gasteiger partial charge on any atom is -0.493 e. The molecule has 0 bridgehead atoms. The molecule has 0 saturated carbocycles. The predicted octanol–water partition coefficient (Wildman–Crippen LogP) is 1.59. The fourth-order valence-corrected chi connectivity index (χ4v) is 0.994. The Hall–Kier alpha value is -1.29. The number of hydrogen-bond donors (Lipinski definition) is 1. The van der Waals surface area contributed by atoms with Gasteiger partial charge in [0, 0.05) is 0 Å². The summed E-state index contributed by atoms with van der Waals surface area (Å²) in [5.41, 5.74) is 0. The summed E-state index contributed by atoms with van der Waals surface area (Å²) in [4.78, 5) is 0. The van der Waals surface area contributed by atoms with Crippen LogP contribution in [-0.4, -0.2) is 24.9 Å². The Bertz CT molecular complexity index is 299. The van der Waals surface area contributed by atoms with Gasteiger partial charge in [-0.3, -0.25) is 0 Å². The van der Waals surface area contributed by atoms with Crippen molar-refractivity contribution in [3.05, 3.63) is 24.0 Å². The normalized spacial score (nSPS) is 12.3. The van der Waals surface area contributed by atoms with E-state index in [0.29, 0.717) is 5.75 Å². The van der Waals surface area contributed by atoms with E-state index < -0.39 is 11.9 Å². The van der Waals surface area contributed by atoms with E-state index in [0.717, 1.165) is 0 Å². The largest absolute Gasteiger partial charge is 0.493 e. The minimum absolute atomic E-state index is 0.0379. The molecule has 0 amide bonds. The van der Waals surface area contributed by atoms with E-state index in [1.165, 1.54) is 19.2 Å². The van der Waals surface area contributed by atoms with Crippen molar-refractivity contribution in [1.82, 2.24) is 0 Å².